The zero-order valence-electron chi connectivity index (χ0n) is 20.6. The van der Waals surface area contributed by atoms with Crippen molar-refractivity contribution in [3.63, 3.8) is 0 Å². The Labute approximate surface area is 225 Å². The average molecular weight is 528 g/mol. The highest BCUT2D eigenvalue weighted by Gasteiger charge is 2.22. The van der Waals surface area contributed by atoms with Gasteiger partial charge in [-0.3, -0.25) is 24.8 Å². The number of fused-ring (bicyclic) bond motifs is 2. The van der Waals surface area contributed by atoms with Gasteiger partial charge < -0.3 is 10.3 Å². The molecule has 10 nitrogen and oxygen atoms in total. The Morgan fingerprint density at radius 1 is 0.850 bits per heavy atom. The van der Waals surface area contributed by atoms with Crippen molar-refractivity contribution in [2.45, 2.75) is 0 Å². The van der Waals surface area contributed by atoms with Gasteiger partial charge in [-0.25, -0.2) is 14.4 Å². The number of nitrogens with zero attached hydrogens (tertiary/aromatic N) is 6. The first kappa shape index (κ1) is 23.3. The van der Waals surface area contributed by atoms with Gasteiger partial charge in [0.25, 0.3) is 5.91 Å². The minimum absolute atomic E-state index is 0.0590. The van der Waals surface area contributed by atoms with E-state index in [9.17, 15) is 4.79 Å². The number of carbonyl (C=O) groups excluding carboxylic acids is 1. The predicted molar refractivity (Wildman–Crippen MR) is 148 cm³/mol. The Morgan fingerprint density at radius 3 is 2.58 bits per heavy atom. The van der Waals surface area contributed by atoms with Crippen molar-refractivity contribution >= 4 is 33.7 Å². The van der Waals surface area contributed by atoms with Gasteiger partial charge in [0.15, 0.2) is 17.3 Å². The summed E-state index contributed by atoms with van der Waals surface area (Å²) in [4.78, 5) is 37.6. The molecule has 40 heavy (non-hydrogen) atoms. The molecule has 0 saturated carbocycles. The molecule has 0 saturated heterocycles. The third-order valence-corrected chi connectivity index (χ3v) is 6.43. The monoisotopic (exact) mass is 527 g/mol. The van der Waals surface area contributed by atoms with E-state index in [1.807, 2.05) is 24.3 Å². The van der Waals surface area contributed by atoms with Gasteiger partial charge in [-0.2, -0.15) is 5.10 Å². The van der Waals surface area contributed by atoms with Crippen LogP contribution in [0.5, 0.6) is 0 Å². The van der Waals surface area contributed by atoms with Crippen molar-refractivity contribution in [1.82, 2.24) is 40.1 Å². The summed E-state index contributed by atoms with van der Waals surface area (Å²) in [6, 6.07) is 16.0. The van der Waals surface area contributed by atoms with Crippen LogP contribution in [-0.2, 0) is 0 Å². The van der Waals surface area contributed by atoms with Crippen molar-refractivity contribution in [2.75, 3.05) is 5.32 Å². The lowest BCUT2D eigenvalue weighted by atomic mass is 10.1. The molecule has 3 N–H and O–H groups in total. The number of anilines is 1. The summed E-state index contributed by atoms with van der Waals surface area (Å²) >= 11 is 0. The van der Waals surface area contributed by atoms with Gasteiger partial charge >= 0.3 is 0 Å². The minimum atomic E-state index is -0.601. The zero-order valence-corrected chi connectivity index (χ0v) is 20.6. The maximum Gasteiger partial charge on any atom is 0.255 e. The van der Waals surface area contributed by atoms with E-state index in [1.54, 1.807) is 48.9 Å². The second kappa shape index (κ2) is 9.48. The third-order valence-electron chi connectivity index (χ3n) is 6.43. The SMILES string of the molecule is O=C(Nc1cncc(-c2ncc3[nH]nc(-c4nc5c(-c6cccnc6)ccnc5[nH]4)c3c2F)c1)c1ccccc1. The van der Waals surface area contributed by atoms with Crippen LogP contribution >= 0.6 is 0 Å². The summed E-state index contributed by atoms with van der Waals surface area (Å²) in [5.41, 5.74) is 4.90. The van der Waals surface area contributed by atoms with E-state index in [0.717, 1.165) is 11.1 Å². The molecule has 7 aromatic rings. The van der Waals surface area contributed by atoms with Crippen LogP contribution in [0.25, 0.3) is 56.0 Å². The van der Waals surface area contributed by atoms with Crippen LogP contribution in [0, 0.1) is 5.82 Å². The Balaban J connectivity index is 1.29. The first-order chi connectivity index (χ1) is 19.7. The Hall–Kier alpha value is -5.84. The van der Waals surface area contributed by atoms with Crippen molar-refractivity contribution in [1.29, 1.82) is 0 Å². The number of benzene rings is 1. The third kappa shape index (κ3) is 4.02. The molecule has 1 amide bonds. The minimum Gasteiger partial charge on any atom is -0.321 e. The molecule has 1 aromatic carbocycles. The molecule has 0 radical (unpaired) electrons. The molecule has 0 aliphatic carbocycles. The summed E-state index contributed by atoms with van der Waals surface area (Å²) in [6.45, 7) is 0. The fourth-order valence-electron chi connectivity index (χ4n) is 4.56. The molecule has 0 aliphatic heterocycles. The van der Waals surface area contributed by atoms with Crippen molar-refractivity contribution in [3.05, 3.63) is 103 Å². The topological polar surface area (TPSA) is 138 Å². The number of carbonyl (C=O) groups is 1. The summed E-state index contributed by atoms with van der Waals surface area (Å²) < 4.78 is 16.1. The van der Waals surface area contributed by atoms with Crippen LogP contribution in [0.3, 0.4) is 0 Å². The van der Waals surface area contributed by atoms with E-state index in [1.165, 1.54) is 18.6 Å². The zero-order chi connectivity index (χ0) is 27.1. The van der Waals surface area contributed by atoms with E-state index >= 15 is 4.39 Å². The van der Waals surface area contributed by atoms with Crippen molar-refractivity contribution in [3.8, 4) is 33.9 Å². The average Bonchev–Trinajstić information content (AvgIpc) is 3.63. The largest absolute Gasteiger partial charge is 0.321 e. The van der Waals surface area contributed by atoms with Crippen LogP contribution in [0.4, 0.5) is 10.1 Å². The van der Waals surface area contributed by atoms with E-state index in [-0.39, 0.29) is 22.7 Å². The Morgan fingerprint density at radius 2 is 1.73 bits per heavy atom. The van der Waals surface area contributed by atoms with Crippen LogP contribution in [0.2, 0.25) is 0 Å². The van der Waals surface area contributed by atoms with Gasteiger partial charge in [0, 0.05) is 47.0 Å². The maximum absolute atomic E-state index is 16.1. The number of nitrogens with one attached hydrogen (secondary N) is 3. The predicted octanol–water partition coefficient (Wildman–Crippen LogP) is 5.41. The first-order valence-corrected chi connectivity index (χ1v) is 12.3. The second-order valence-electron chi connectivity index (χ2n) is 8.95. The molecule has 6 aromatic heterocycles. The number of rotatable bonds is 5. The number of H-pyrrole nitrogens is 2. The second-order valence-corrected chi connectivity index (χ2v) is 8.95. The Kier molecular flexibility index (Phi) is 5.52. The normalized spacial score (nSPS) is 11.2. The number of aromatic amines is 2. The van der Waals surface area contributed by atoms with E-state index in [4.69, 9.17) is 4.98 Å². The highest BCUT2D eigenvalue weighted by Crippen LogP contribution is 2.34. The number of amides is 1. The van der Waals surface area contributed by atoms with Crippen LogP contribution in [0.1, 0.15) is 10.4 Å². The lowest BCUT2D eigenvalue weighted by Crippen LogP contribution is -2.11. The van der Waals surface area contributed by atoms with Gasteiger partial charge in [0.1, 0.15) is 16.9 Å². The highest BCUT2D eigenvalue weighted by molar-refractivity contribution is 6.04. The van der Waals surface area contributed by atoms with E-state index < -0.39 is 5.82 Å². The van der Waals surface area contributed by atoms with E-state index in [0.29, 0.717) is 39.3 Å². The fourth-order valence-corrected chi connectivity index (χ4v) is 4.56. The smallest absolute Gasteiger partial charge is 0.255 e. The lowest BCUT2D eigenvalue weighted by Gasteiger charge is -2.08. The summed E-state index contributed by atoms with van der Waals surface area (Å²) in [6.07, 6.45) is 9.60. The highest BCUT2D eigenvalue weighted by atomic mass is 19.1. The first-order valence-electron chi connectivity index (χ1n) is 12.3. The summed E-state index contributed by atoms with van der Waals surface area (Å²) in [5.74, 6) is -0.552. The lowest BCUT2D eigenvalue weighted by molar-refractivity contribution is 0.102. The summed E-state index contributed by atoms with van der Waals surface area (Å²) in [5, 5.41) is 10.2. The molecule has 0 aliphatic rings. The molecule has 6 heterocycles. The quantitative estimate of drug-likeness (QED) is 0.272. The number of hydrogen-bond acceptors (Lipinski definition) is 7. The molecule has 7 rings (SSSR count). The number of hydrogen-bond donors (Lipinski definition) is 3. The van der Waals surface area contributed by atoms with E-state index in [2.05, 4.69) is 40.4 Å². The summed E-state index contributed by atoms with van der Waals surface area (Å²) in [7, 11) is 0. The maximum atomic E-state index is 16.1. The van der Waals surface area contributed by atoms with Crippen LogP contribution < -0.4 is 5.32 Å². The number of imidazole rings is 1. The molecule has 0 fully saturated rings. The van der Waals surface area contributed by atoms with Crippen LogP contribution in [-0.4, -0.2) is 46.0 Å². The molecule has 0 bridgehead atoms. The van der Waals surface area contributed by atoms with Gasteiger partial charge in [-0.1, -0.05) is 24.3 Å². The van der Waals surface area contributed by atoms with Crippen molar-refractivity contribution in [2.24, 2.45) is 0 Å². The van der Waals surface area contributed by atoms with Gasteiger partial charge in [-0.05, 0) is 30.3 Å². The molecule has 0 unspecified atom stereocenters. The van der Waals surface area contributed by atoms with Crippen molar-refractivity contribution < 1.29 is 9.18 Å². The number of pyridine rings is 4. The molecule has 192 valence electrons. The number of aromatic nitrogens is 8. The van der Waals surface area contributed by atoms with Gasteiger partial charge in [0.2, 0.25) is 0 Å². The standard InChI is InChI=1S/C29H18FN9O/c30-23-22-21(15-34-24(23)18-11-19(14-32-13-18)35-29(40)16-5-2-1-3-6-16)38-39-26(22)28-36-25-20(8-10-33-27(25)37-28)17-7-4-9-31-12-17/h1-15H,(H,35,40)(H,38,39)(H,33,36,37). The Bertz CT molecular complexity index is 2020. The van der Waals surface area contributed by atoms with Gasteiger partial charge in [-0.15, -0.1) is 0 Å². The van der Waals surface area contributed by atoms with Crippen LogP contribution in [0.15, 0.2) is 91.8 Å². The molecular weight excluding hydrogens is 509 g/mol. The molecular formula is C29H18FN9O. The number of halogens is 1. The molecule has 11 heteroatoms. The molecule has 0 spiro atoms. The fraction of sp³-hybridized carbons (Fsp3) is 0. The van der Waals surface area contributed by atoms with Gasteiger partial charge in [0.05, 0.1) is 29.0 Å². The molecule has 0 atom stereocenters.